The molecule has 5 nitrogen and oxygen atoms in total. The van der Waals surface area contributed by atoms with E-state index >= 15 is 0 Å². The van der Waals surface area contributed by atoms with Gasteiger partial charge in [-0.2, -0.15) is 5.10 Å². The molecule has 2 fully saturated rings. The molecule has 1 aliphatic heterocycles. The summed E-state index contributed by atoms with van der Waals surface area (Å²) in [6.07, 6.45) is 8.56. The van der Waals surface area contributed by atoms with Gasteiger partial charge in [-0.05, 0) is 43.6 Å². The van der Waals surface area contributed by atoms with E-state index in [0.29, 0.717) is 12.6 Å². The molecule has 1 aliphatic carbocycles. The Morgan fingerprint density at radius 2 is 1.86 bits per heavy atom. The molecule has 154 valence electrons. The number of methoxy groups -OCH3 is 2. The second-order valence-corrected chi connectivity index (χ2v) is 8.06. The maximum absolute atomic E-state index is 12.4. The van der Waals surface area contributed by atoms with E-state index < -0.39 is 0 Å². The van der Waals surface area contributed by atoms with E-state index in [1.54, 1.807) is 7.11 Å². The van der Waals surface area contributed by atoms with Gasteiger partial charge in [-0.1, -0.05) is 49.6 Å². The molecule has 0 amide bonds. The molecular formula is C23H34N2O3. The Morgan fingerprint density at radius 1 is 1.07 bits per heavy atom. The van der Waals surface area contributed by atoms with Gasteiger partial charge in [0.15, 0.2) is 0 Å². The Morgan fingerprint density at radius 3 is 2.61 bits per heavy atom. The van der Waals surface area contributed by atoms with Gasteiger partial charge in [0.2, 0.25) is 0 Å². The van der Waals surface area contributed by atoms with Crippen LogP contribution in [0.5, 0.6) is 0 Å². The zero-order valence-electron chi connectivity index (χ0n) is 17.3. The van der Waals surface area contributed by atoms with Crippen LogP contribution in [0.15, 0.2) is 35.4 Å². The van der Waals surface area contributed by atoms with Crippen molar-refractivity contribution in [3.05, 3.63) is 35.9 Å². The van der Waals surface area contributed by atoms with Gasteiger partial charge >= 0.3 is 5.97 Å². The van der Waals surface area contributed by atoms with E-state index in [1.165, 1.54) is 20.0 Å². The smallest absolute Gasteiger partial charge is 0.308 e. The Kier molecular flexibility index (Phi) is 7.90. The first kappa shape index (κ1) is 20.8. The minimum atomic E-state index is -0.0576. The second kappa shape index (κ2) is 10.6. The molecule has 1 saturated carbocycles. The van der Waals surface area contributed by atoms with Crippen molar-refractivity contribution in [3.63, 3.8) is 0 Å². The summed E-state index contributed by atoms with van der Waals surface area (Å²) in [6.45, 7) is 1.68. The summed E-state index contributed by atoms with van der Waals surface area (Å²) in [5.41, 5.74) is 2.24. The monoisotopic (exact) mass is 386 g/mol. The van der Waals surface area contributed by atoms with Crippen molar-refractivity contribution in [1.82, 2.24) is 5.01 Å². The second-order valence-electron chi connectivity index (χ2n) is 8.06. The molecule has 0 N–H and O–H groups in total. The number of hydrazone groups is 1. The van der Waals surface area contributed by atoms with Gasteiger partial charge in [-0.25, -0.2) is 0 Å². The van der Waals surface area contributed by atoms with Crippen LogP contribution in [0.1, 0.15) is 56.9 Å². The van der Waals surface area contributed by atoms with E-state index in [4.69, 9.17) is 14.6 Å². The van der Waals surface area contributed by atoms with Crippen molar-refractivity contribution in [3.8, 4) is 0 Å². The molecule has 5 heteroatoms. The van der Waals surface area contributed by atoms with Gasteiger partial charge in [0.25, 0.3) is 0 Å². The molecule has 1 aromatic carbocycles. The van der Waals surface area contributed by atoms with Crippen LogP contribution in [0.4, 0.5) is 0 Å². The third-order valence-electron chi connectivity index (χ3n) is 6.18. The van der Waals surface area contributed by atoms with Crippen molar-refractivity contribution in [2.75, 3.05) is 27.4 Å². The number of hydrogen-bond acceptors (Lipinski definition) is 5. The minimum Gasteiger partial charge on any atom is -0.469 e. The summed E-state index contributed by atoms with van der Waals surface area (Å²) >= 11 is 0. The molecule has 0 bridgehead atoms. The van der Waals surface area contributed by atoms with E-state index in [2.05, 4.69) is 29.3 Å². The maximum atomic E-state index is 12.4. The standard InChI is InChI=1S/C23H34N2O3/c1-27-17-20-13-9-15-25(20)24-22(18-10-5-3-6-11-18)16-19-12-7-4-8-14-21(19)23(26)28-2/h3,5-6,10-11,19-21H,4,7-9,12-17H2,1-2H3/b24-22+/t19-,20+,21+/m1/s1. The third-order valence-corrected chi connectivity index (χ3v) is 6.18. The molecule has 1 heterocycles. The van der Waals surface area contributed by atoms with E-state index in [1.807, 2.05) is 6.07 Å². The highest BCUT2D eigenvalue weighted by molar-refractivity contribution is 6.00. The van der Waals surface area contributed by atoms with Crippen molar-refractivity contribution in [2.24, 2.45) is 16.9 Å². The quantitative estimate of drug-likeness (QED) is 0.399. The Labute approximate surface area is 169 Å². The van der Waals surface area contributed by atoms with Crippen LogP contribution < -0.4 is 0 Å². The molecule has 0 spiro atoms. The molecule has 1 aromatic rings. The normalized spacial score (nSPS) is 26.1. The van der Waals surface area contributed by atoms with Crippen molar-refractivity contribution >= 4 is 11.7 Å². The van der Waals surface area contributed by atoms with Crippen LogP contribution in [0.25, 0.3) is 0 Å². The van der Waals surface area contributed by atoms with E-state index in [0.717, 1.165) is 56.3 Å². The average molecular weight is 387 g/mol. The maximum Gasteiger partial charge on any atom is 0.308 e. The van der Waals surface area contributed by atoms with E-state index in [9.17, 15) is 4.79 Å². The van der Waals surface area contributed by atoms with Crippen LogP contribution in [0, 0.1) is 11.8 Å². The van der Waals surface area contributed by atoms with Gasteiger partial charge in [0, 0.05) is 13.7 Å². The molecule has 28 heavy (non-hydrogen) atoms. The zero-order valence-corrected chi connectivity index (χ0v) is 17.3. The molecule has 1 saturated heterocycles. The van der Waals surface area contributed by atoms with Gasteiger partial charge in [0.1, 0.15) is 0 Å². The number of ether oxygens (including phenoxy) is 2. The van der Waals surface area contributed by atoms with Crippen molar-refractivity contribution < 1.29 is 14.3 Å². The van der Waals surface area contributed by atoms with E-state index in [-0.39, 0.29) is 17.8 Å². The minimum absolute atomic E-state index is 0.0187. The number of benzene rings is 1. The van der Waals surface area contributed by atoms with Gasteiger partial charge in [0.05, 0.1) is 31.4 Å². The lowest BCUT2D eigenvalue weighted by molar-refractivity contribution is -0.147. The summed E-state index contributed by atoms with van der Waals surface area (Å²) < 4.78 is 10.5. The lowest BCUT2D eigenvalue weighted by atomic mass is 9.83. The number of carbonyl (C=O) groups excluding carboxylic acids is 1. The molecule has 0 radical (unpaired) electrons. The third kappa shape index (κ3) is 5.34. The fourth-order valence-electron chi connectivity index (χ4n) is 4.65. The van der Waals surface area contributed by atoms with Crippen molar-refractivity contribution in [2.45, 2.75) is 57.4 Å². The molecule has 0 unspecified atom stereocenters. The van der Waals surface area contributed by atoms with Crippen LogP contribution in [-0.4, -0.2) is 50.1 Å². The van der Waals surface area contributed by atoms with Crippen LogP contribution in [0.3, 0.4) is 0 Å². The predicted octanol–water partition coefficient (Wildman–Crippen LogP) is 4.26. The highest BCUT2D eigenvalue weighted by Gasteiger charge is 2.32. The van der Waals surface area contributed by atoms with Gasteiger partial charge < -0.3 is 9.47 Å². The predicted molar refractivity (Wildman–Crippen MR) is 111 cm³/mol. The number of rotatable bonds is 7. The molecule has 2 aliphatic rings. The Hall–Kier alpha value is -1.88. The summed E-state index contributed by atoms with van der Waals surface area (Å²) in [5.74, 6) is 0.213. The number of hydrogen-bond donors (Lipinski definition) is 0. The first-order valence-corrected chi connectivity index (χ1v) is 10.7. The fourth-order valence-corrected chi connectivity index (χ4v) is 4.65. The average Bonchev–Trinajstić information content (AvgIpc) is 3.02. The molecule has 0 aromatic heterocycles. The Balaban J connectivity index is 1.86. The highest BCUT2D eigenvalue weighted by atomic mass is 16.5. The summed E-state index contributed by atoms with van der Waals surface area (Å²) in [7, 11) is 3.26. The lowest BCUT2D eigenvalue weighted by Crippen LogP contribution is -2.31. The fraction of sp³-hybridized carbons (Fsp3) is 0.652. The van der Waals surface area contributed by atoms with Crippen LogP contribution >= 0.6 is 0 Å². The number of carbonyl (C=O) groups is 1. The molecule has 3 rings (SSSR count). The highest BCUT2D eigenvalue weighted by Crippen LogP contribution is 2.33. The first-order chi connectivity index (χ1) is 13.7. The van der Waals surface area contributed by atoms with Crippen LogP contribution in [0.2, 0.25) is 0 Å². The Bertz CT molecular complexity index is 647. The molecule has 3 atom stereocenters. The zero-order chi connectivity index (χ0) is 19.8. The van der Waals surface area contributed by atoms with Crippen molar-refractivity contribution in [1.29, 1.82) is 0 Å². The lowest BCUT2D eigenvalue weighted by Gasteiger charge is -2.26. The largest absolute Gasteiger partial charge is 0.469 e. The summed E-state index contributed by atoms with van der Waals surface area (Å²) in [4.78, 5) is 12.4. The van der Waals surface area contributed by atoms with Gasteiger partial charge in [-0.3, -0.25) is 9.80 Å². The molecular weight excluding hydrogens is 352 g/mol. The summed E-state index contributed by atoms with van der Waals surface area (Å²) in [6, 6.07) is 10.8. The number of esters is 1. The summed E-state index contributed by atoms with van der Waals surface area (Å²) in [5, 5.41) is 7.31. The SMILES string of the molecule is COC[C@@H]1CCCN1/N=C(\C[C@H]1CCCCC[C@@H]1C(=O)OC)c1ccccc1. The first-order valence-electron chi connectivity index (χ1n) is 10.7. The topological polar surface area (TPSA) is 51.1 Å². The van der Waals surface area contributed by atoms with Gasteiger partial charge in [-0.15, -0.1) is 0 Å². The number of nitrogens with zero attached hydrogens (tertiary/aromatic N) is 2. The van der Waals surface area contributed by atoms with Crippen LogP contribution in [-0.2, 0) is 14.3 Å².